The van der Waals surface area contributed by atoms with Crippen molar-refractivity contribution in [2.24, 2.45) is 5.92 Å². The van der Waals surface area contributed by atoms with Gasteiger partial charge in [0.15, 0.2) is 5.78 Å². The maximum Gasteiger partial charge on any atom is 0.308 e. The zero-order chi connectivity index (χ0) is 20.5. The lowest BCUT2D eigenvalue weighted by molar-refractivity contribution is -0.131. The fraction of sp³-hybridized carbons (Fsp3) is 0.364. The highest BCUT2D eigenvalue weighted by Crippen LogP contribution is 2.17. The molecule has 0 bridgehead atoms. The molecule has 0 aliphatic heterocycles. The number of phenols is 1. The Morgan fingerprint density at radius 2 is 1.38 bits per heavy atom. The second kappa shape index (κ2) is 15.9. The number of benzene rings is 2. The summed E-state index contributed by atoms with van der Waals surface area (Å²) in [5, 5.41) is 8.93. The Kier molecular flexibility index (Phi) is 15.6. The first-order chi connectivity index (χ1) is 12.2. The number of rotatable bonds is 2. The number of aromatic hydroxyl groups is 1. The molecule has 0 saturated heterocycles. The monoisotopic (exact) mass is 360 g/mol. The zero-order valence-corrected chi connectivity index (χ0v) is 16.9. The summed E-state index contributed by atoms with van der Waals surface area (Å²) >= 11 is 0. The maximum atomic E-state index is 10.6. The van der Waals surface area contributed by atoms with Crippen molar-refractivity contribution >= 4 is 11.8 Å². The van der Waals surface area contributed by atoms with Crippen LogP contribution in [-0.4, -0.2) is 16.9 Å². The van der Waals surface area contributed by atoms with Crippen LogP contribution < -0.4 is 4.74 Å². The second-order valence-corrected chi connectivity index (χ2v) is 5.75. The minimum atomic E-state index is -0.393. The van der Waals surface area contributed by atoms with Gasteiger partial charge in [-0.25, -0.2) is 0 Å². The first-order valence-electron chi connectivity index (χ1n) is 8.75. The maximum absolute atomic E-state index is 10.6. The highest BCUT2D eigenvalue weighted by atomic mass is 16.5. The van der Waals surface area contributed by atoms with Gasteiger partial charge in [-0.2, -0.15) is 0 Å². The van der Waals surface area contributed by atoms with E-state index in [0.717, 1.165) is 11.5 Å². The molecule has 0 fully saturated rings. The van der Waals surface area contributed by atoms with E-state index >= 15 is 0 Å². The fourth-order valence-corrected chi connectivity index (χ4v) is 1.39. The smallest absolute Gasteiger partial charge is 0.308 e. The summed E-state index contributed by atoms with van der Waals surface area (Å²) in [5.41, 5.74) is 0.775. The van der Waals surface area contributed by atoms with Crippen LogP contribution in [0.25, 0.3) is 0 Å². The number of ether oxygens (including phenoxy) is 1. The number of hydrogen-bond donors (Lipinski definition) is 1. The SMILES string of the molecule is CC.CC(=O)Oc1cccc(O)c1.CC(=O)c1ccccc1.CC(C)C. The third kappa shape index (κ3) is 16.2. The van der Waals surface area contributed by atoms with Gasteiger partial charge in [0.1, 0.15) is 11.5 Å². The summed E-state index contributed by atoms with van der Waals surface area (Å²) in [4.78, 5) is 21.1. The molecule has 4 nitrogen and oxygen atoms in total. The molecule has 0 unspecified atom stereocenters. The quantitative estimate of drug-likeness (QED) is 0.412. The molecular weight excluding hydrogens is 328 g/mol. The second-order valence-electron chi connectivity index (χ2n) is 5.75. The first kappa shape index (κ1) is 25.6. The van der Waals surface area contributed by atoms with Crippen molar-refractivity contribution in [3.63, 3.8) is 0 Å². The minimum absolute atomic E-state index is 0.0868. The van der Waals surface area contributed by atoms with E-state index < -0.39 is 5.97 Å². The van der Waals surface area contributed by atoms with E-state index in [4.69, 9.17) is 9.84 Å². The molecule has 4 heteroatoms. The lowest BCUT2D eigenvalue weighted by atomic mass is 10.2. The number of ketones is 1. The van der Waals surface area contributed by atoms with Gasteiger partial charge in [-0.3, -0.25) is 9.59 Å². The topological polar surface area (TPSA) is 63.6 Å². The van der Waals surface area contributed by atoms with Crippen molar-refractivity contribution < 1.29 is 19.4 Å². The van der Waals surface area contributed by atoms with Crippen molar-refractivity contribution in [1.82, 2.24) is 0 Å². The third-order valence-corrected chi connectivity index (χ3v) is 2.26. The minimum Gasteiger partial charge on any atom is -0.508 e. The van der Waals surface area contributed by atoms with Gasteiger partial charge in [0.2, 0.25) is 0 Å². The Morgan fingerprint density at radius 3 is 1.73 bits per heavy atom. The highest BCUT2D eigenvalue weighted by Gasteiger charge is 1.97. The lowest BCUT2D eigenvalue weighted by Crippen LogP contribution is -2.00. The number of esters is 1. The molecule has 0 spiro atoms. The zero-order valence-electron chi connectivity index (χ0n) is 16.9. The van der Waals surface area contributed by atoms with Crippen LogP contribution in [0.2, 0.25) is 0 Å². The van der Waals surface area contributed by atoms with Crippen molar-refractivity contribution in [1.29, 1.82) is 0 Å². The molecule has 2 aromatic carbocycles. The molecule has 0 amide bonds. The number of Topliss-reactive ketones (excluding diaryl/α,β-unsaturated/α-hetero) is 1. The average Bonchev–Trinajstić information content (AvgIpc) is 2.57. The van der Waals surface area contributed by atoms with Gasteiger partial charge in [0, 0.05) is 18.6 Å². The van der Waals surface area contributed by atoms with Gasteiger partial charge < -0.3 is 9.84 Å². The molecule has 0 atom stereocenters. The number of carbonyl (C=O) groups is 2. The van der Waals surface area contributed by atoms with Crippen molar-refractivity contribution in [2.45, 2.75) is 48.5 Å². The van der Waals surface area contributed by atoms with Crippen LogP contribution in [0, 0.1) is 5.92 Å². The van der Waals surface area contributed by atoms with Crippen LogP contribution in [0.5, 0.6) is 11.5 Å². The molecular formula is C22H32O4. The molecule has 2 rings (SSSR count). The van der Waals surface area contributed by atoms with Gasteiger partial charge in [-0.05, 0) is 25.0 Å². The molecule has 0 heterocycles. The van der Waals surface area contributed by atoms with Gasteiger partial charge in [-0.15, -0.1) is 0 Å². The summed E-state index contributed by atoms with van der Waals surface area (Å²) in [6, 6.07) is 15.3. The van der Waals surface area contributed by atoms with E-state index in [2.05, 4.69) is 20.8 Å². The summed E-state index contributed by atoms with van der Waals surface area (Å²) in [6.45, 7) is 13.4. The van der Waals surface area contributed by atoms with Crippen molar-refractivity contribution in [2.75, 3.05) is 0 Å². The molecule has 0 saturated carbocycles. The molecule has 2 aromatic rings. The van der Waals surface area contributed by atoms with Crippen LogP contribution in [0.4, 0.5) is 0 Å². The van der Waals surface area contributed by atoms with E-state index in [9.17, 15) is 9.59 Å². The molecule has 0 radical (unpaired) electrons. The van der Waals surface area contributed by atoms with Gasteiger partial charge >= 0.3 is 5.97 Å². The van der Waals surface area contributed by atoms with Crippen LogP contribution in [0.15, 0.2) is 54.6 Å². The lowest BCUT2D eigenvalue weighted by Gasteiger charge is -1.99. The van der Waals surface area contributed by atoms with Gasteiger partial charge in [0.25, 0.3) is 0 Å². The predicted molar refractivity (Wildman–Crippen MR) is 108 cm³/mol. The van der Waals surface area contributed by atoms with E-state index in [-0.39, 0.29) is 11.5 Å². The Balaban J connectivity index is 0. The Bertz CT molecular complexity index is 616. The number of phenolic OH excluding ortho intramolecular Hbond substituents is 1. The van der Waals surface area contributed by atoms with E-state index in [1.807, 2.05) is 44.2 Å². The molecule has 0 aliphatic carbocycles. The number of carbonyl (C=O) groups excluding carboxylic acids is 2. The Hall–Kier alpha value is -2.62. The fourth-order valence-electron chi connectivity index (χ4n) is 1.39. The first-order valence-corrected chi connectivity index (χ1v) is 8.75. The standard InChI is InChI=1S/C8H8O3.C8H8O.C4H10.C2H6/c1-6(9)11-8-4-2-3-7(10)5-8;1-7(9)8-5-3-2-4-6-8;1-4(2)3;1-2/h2-5,10H,1H3;2-6H,1H3;4H,1-3H3;1-2H3. The van der Waals surface area contributed by atoms with E-state index in [1.54, 1.807) is 19.1 Å². The largest absolute Gasteiger partial charge is 0.508 e. The van der Waals surface area contributed by atoms with Crippen molar-refractivity contribution in [3.05, 3.63) is 60.2 Å². The normalized spacial score (nSPS) is 8.62. The molecule has 0 aromatic heterocycles. The third-order valence-electron chi connectivity index (χ3n) is 2.26. The van der Waals surface area contributed by atoms with Crippen molar-refractivity contribution in [3.8, 4) is 11.5 Å². The van der Waals surface area contributed by atoms with E-state index in [1.165, 1.54) is 19.1 Å². The molecule has 144 valence electrons. The van der Waals surface area contributed by atoms with Crippen LogP contribution in [0.3, 0.4) is 0 Å². The summed E-state index contributed by atoms with van der Waals surface area (Å²) in [7, 11) is 0. The average molecular weight is 360 g/mol. The summed E-state index contributed by atoms with van der Waals surface area (Å²) in [6.07, 6.45) is 0. The summed E-state index contributed by atoms with van der Waals surface area (Å²) in [5.74, 6) is 1.01. The van der Waals surface area contributed by atoms with Crippen LogP contribution in [-0.2, 0) is 4.79 Å². The number of hydrogen-bond acceptors (Lipinski definition) is 4. The predicted octanol–water partition coefficient (Wildman–Crippen LogP) is 5.90. The van der Waals surface area contributed by atoms with Gasteiger partial charge in [0.05, 0.1) is 0 Å². The Labute approximate surface area is 157 Å². The van der Waals surface area contributed by atoms with Gasteiger partial charge in [-0.1, -0.05) is 71.0 Å². The van der Waals surface area contributed by atoms with Crippen LogP contribution in [0.1, 0.15) is 58.8 Å². The molecule has 0 aliphatic rings. The Morgan fingerprint density at radius 1 is 0.885 bits per heavy atom. The van der Waals surface area contributed by atoms with E-state index in [0.29, 0.717) is 5.75 Å². The van der Waals surface area contributed by atoms with Crippen LogP contribution >= 0.6 is 0 Å². The molecule has 1 N–H and O–H groups in total. The summed E-state index contributed by atoms with van der Waals surface area (Å²) < 4.78 is 4.70. The highest BCUT2D eigenvalue weighted by molar-refractivity contribution is 5.93. The molecule has 26 heavy (non-hydrogen) atoms.